The van der Waals surface area contributed by atoms with Crippen LogP contribution < -0.4 is 16.2 Å². The Bertz CT molecular complexity index is 297. The second-order valence-electron chi connectivity index (χ2n) is 3.10. The normalized spacial score (nSPS) is 10.0. The van der Waals surface area contributed by atoms with E-state index in [2.05, 4.69) is 0 Å². The lowest BCUT2D eigenvalue weighted by molar-refractivity contribution is 0.319. The van der Waals surface area contributed by atoms with Crippen molar-refractivity contribution in [2.45, 2.75) is 20.3 Å². The lowest BCUT2D eigenvalue weighted by Crippen LogP contribution is -2.01. The van der Waals surface area contributed by atoms with E-state index in [9.17, 15) is 0 Å². The van der Waals surface area contributed by atoms with E-state index in [1.54, 1.807) is 6.07 Å². The fourth-order valence-corrected chi connectivity index (χ4v) is 1.06. The largest absolute Gasteiger partial charge is 0.491 e. The van der Waals surface area contributed by atoms with Gasteiger partial charge in [0.15, 0.2) is 0 Å². The van der Waals surface area contributed by atoms with E-state index in [1.165, 1.54) is 0 Å². The monoisotopic (exact) mass is 180 g/mol. The third-order valence-corrected chi connectivity index (χ3v) is 1.86. The first-order valence-electron chi connectivity index (χ1n) is 4.43. The molecule has 0 saturated heterocycles. The Labute approximate surface area is 78.7 Å². The third-order valence-electron chi connectivity index (χ3n) is 1.86. The number of aryl methyl sites for hydroxylation is 1. The summed E-state index contributed by atoms with van der Waals surface area (Å²) in [6.45, 7) is 4.65. The molecular weight excluding hydrogens is 164 g/mol. The molecule has 0 saturated carbocycles. The first kappa shape index (κ1) is 9.71. The molecule has 0 aliphatic heterocycles. The number of hydrogen-bond acceptors (Lipinski definition) is 3. The van der Waals surface area contributed by atoms with Crippen LogP contribution in [0.5, 0.6) is 5.75 Å². The number of rotatable bonds is 3. The standard InChI is InChI=1S/C10H16N2O/c1-3-4-13-10-6-8(11)7(2)5-9(10)12/h5-6H,3-4,11-12H2,1-2H3. The smallest absolute Gasteiger partial charge is 0.144 e. The van der Waals surface area contributed by atoms with E-state index in [0.717, 1.165) is 17.7 Å². The zero-order valence-electron chi connectivity index (χ0n) is 8.13. The molecule has 0 heterocycles. The van der Waals surface area contributed by atoms with E-state index < -0.39 is 0 Å². The molecule has 0 radical (unpaired) electrons. The van der Waals surface area contributed by atoms with Crippen LogP contribution in [0, 0.1) is 6.92 Å². The van der Waals surface area contributed by atoms with Crippen molar-refractivity contribution in [1.82, 2.24) is 0 Å². The SMILES string of the molecule is CCCOc1cc(N)c(C)cc1N. The van der Waals surface area contributed by atoms with Gasteiger partial charge in [0, 0.05) is 11.8 Å². The van der Waals surface area contributed by atoms with Crippen molar-refractivity contribution in [3.8, 4) is 5.75 Å². The van der Waals surface area contributed by atoms with E-state index in [-0.39, 0.29) is 0 Å². The van der Waals surface area contributed by atoms with E-state index in [0.29, 0.717) is 18.0 Å². The number of anilines is 2. The minimum Gasteiger partial charge on any atom is -0.491 e. The van der Waals surface area contributed by atoms with E-state index in [4.69, 9.17) is 16.2 Å². The van der Waals surface area contributed by atoms with Crippen LogP contribution in [0.3, 0.4) is 0 Å². The van der Waals surface area contributed by atoms with Crippen molar-refractivity contribution in [2.75, 3.05) is 18.1 Å². The zero-order chi connectivity index (χ0) is 9.84. The maximum atomic E-state index is 5.75. The Balaban J connectivity index is 2.88. The molecule has 13 heavy (non-hydrogen) atoms. The van der Waals surface area contributed by atoms with Crippen LogP contribution in [0.15, 0.2) is 12.1 Å². The van der Waals surface area contributed by atoms with Crippen LogP contribution in [0.4, 0.5) is 11.4 Å². The lowest BCUT2D eigenvalue weighted by atomic mass is 10.1. The van der Waals surface area contributed by atoms with Gasteiger partial charge in [-0.3, -0.25) is 0 Å². The highest BCUT2D eigenvalue weighted by Crippen LogP contribution is 2.27. The summed E-state index contributed by atoms with van der Waals surface area (Å²) in [4.78, 5) is 0. The van der Waals surface area contributed by atoms with Gasteiger partial charge in [-0.05, 0) is 25.0 Å². The summed E-state index contributed by atoms with van der Waals surface area (Å²) in [6.07, 6.45) is 0.965. The molecule has 1 aromatic rings. The fourth-order valence-electron chi connectivity index (χ4n) is 1.06. The van der Waals surface area contributed by atoms with Gasteiger partial charge in [-0.2, -0.15) is 0 Å². The highest BCUT2D eigenvalue weighted by atomic mass is 16.5. The Morgan fingerprint density at radius 1 is 1.23 bits per heavy atom. The maximum absolute atomic E-state index is 5.75. The maximum Gasteiger partial charge on any atom is 0.144 e. The van der Waals surface area contributed by atoms with Crippen molar-refractivity contribution < 1.29 is 4.74 Å². The average molecular weight is 180 g/mol. The number of benzene rings is 1. The van der Waals surface area contributed by atoms with Gasteiger partial charge < -0.3 is 16.2 Å². The second-order valence-corrected chi connectivity index (χ2v) is 3.10. The quantitative estimate of drug-likeness (QED) is 0.699. The van der Waals surface area contributed by atoms with Crippen molar-refractivity contribution >= 4 is 11.4 Å². The minimum absolute atomic E-state index is 0.653. The van der Waals surface area contributed by atoms with Gasteiger partial charge in [0.2, 0.25) is 0 Å². The molecule has 0 spiro atoms. The fraction of sp³-hybridized carbons (Fsp3) is 0.400. The van der Waals surface area contributed by atoms with Gasteiger partial charge in [0.1, 0.15) is 5.75 Å². The highest BCUT2D eigenvalue weighted by Gasteiger charge is 2.02. The molecule has 0 fully saturated rings. The Morgan fingerprint density at radius 3 is 2.54 bits per heavy atom. The number of ether oxygens (including phenoxy) is 1. The summed E-state index contributed by atoms with van der Waals surface area (Å²) in [5.74, 6) is 0.685. The zero-order valence-corrected chi connectivity index (χ0v) is 8.13. The highest BCUT2D eigenvalue weighted by molar-refractivity contribution is 5.63. The van der Waals surface area contributed by atoms with Crippen LogP contribution in [0.2, 0.25) is 0 Å². The summed E-state index contributed by atoms with van der Waals surface area (Å²) >= 11 is 0. The van der Waals surface area contributed by atoms with Gasteiger partial charge >= 0.3 is 0 Å². The summed E-state index contributed by atoms with van der Waals surface area (Å²) in [7, 11) is 0. The topological polar surface area (TPSA) is 61.3 Å². The number of hydrogen-bond donors (Lipinski definition) is 2. The molecular formula is C10H16N2O. The molecule has 3 nitrogen and oxygen atoms in total. The van der Waals surface area contributed by atoms with Gasteiger partial charge in [0.05, 0.1) is 12.3 Å². The molecule has 0 aromatic heterocycles. The molecule has 1 rings (SSSR count). The lowest BCUT2D eigenvalue weighted by Gasteiger charge is -2.10. The van der Waals surface area contributed by atoms with Crippen LogP contribution >= 0.6 is 0 Å². The number of nitrogen functional groups attached to an aromatic ring is 2. The molecule has 72 valence electrons. The molecule has 4 N–H and O–H groups in total. The Hall–Kier alpha value is -1.38. The van der Waals surface area contributed by atoms with Crippen LogP contribution in [-0.2, 0) is 0 Å². The summed E-state index contributed by atoms with van der Waals surface area (Å²) in [5, 5.41) is 0. The van der Waals surface area contributed by atoms with E-state index >= 15 is 0 Å². The van der Waals surface area contributed by atoms with Crippen molar-refractivity contribution in [3.63, 3.8) is 0 Å². The number of nitrogens with two attached hydrogens (primary N) is 2. The molecule has 0 unspecified atom stereocenters. The third kappa shape index (κ3) is 2.28. The second kappa shape index (κ2) is 4.03. The predicted molar refractivity (Wildman–Crippen MR) is 55.8 cm³/mol. The Kier molecular flexibility index (Phi) is 3.01. The van der Waals surface area contributed by atoms with Crippen molar-refractivity contribution in [1.29, 1.82) is 0 Å². The Morgan fingerprint density at radius 2 is 1.92 bits per heavy atom. The molecule has 0 bridgehead atoms. The van der Waals surface area contributed by atoms with Gasteiger partial charge in [-0.25, -0.2) is 0 Å². The molecule has 0 atom stereocenters. The average Bonchev–Trinajstić information content (AvgIpc) is 2.09. The molecule has 0 aliphatic carbocycles. The van der Waals surface area contributed by atoms with Gasteiger partial charge in [0.25, 0.3) is 0 Å². The van der Waals surface area contributed by atoms with Crippen molar-refractivity contribution in [2.24, 2.45) is 0 Å². The first-order valence-corrected chi connectivity index (χ1v) is 4.43. The minimum atomic E-state index is 0.653. The summed E-state index contributed by atoms with van der Waals surface area (Å²) in [6, 6.07) is 3.61. The van der Waals surface area contributed by atoms with Gasteiger partial charge in [-0.15, -0.1) is 0 Å². The summed E-state index contributed by atoms with van der Waals surface area (Å²) in [5.41, 5.74) is 13.8. The molecule has 0 amide bonds. The first-order chi connectivity index (χ1) is 6.15. The molecule has 0 aliphatic rings. The predicted octanol–water partition coefficient (Wildman–Crippen LogP) is 1.95. The molecule has 1 aromatic carbocycles. The molecule has 3 heteroatoms. The summed E-state index contributed by atoms with van der Waals surface area (Å²) < 4.78 is 5.42. The van der Waals surface area contributed by atoms with Crippen LogP contribution in [0.25, 0.3) is 0 Å². The van der Waals surface area contributed by atoms with Gasteiger partial charge in [-0.1, -0.05) is 6.92 Å². The van der Waals surface area contributed by atoms with Crippen LogP contribution in [-0.4, -0.2) is 6.61 Å². The van der Waals surface area contributed by atoms with E-state index in [1.807, 2.05) is 19.9 Å². The van der Waals surface area contributed by atoms with Crippen molar-refractivity contribution in [3.05, 3.63) is 17.7 Å². The van der Waals surface area contributed by atoms with Crippen LogP contribution in [0.1, 0.15) is 18.9 Å².